The predicted molar refractivity (Wildman–Crippen MR) is 89.1 cm³/mol. The van der Waals surface area contributed by atoms with E-state index >= 15 is 0 Å². The summed E-state index contributed by atoms with van der Waals surface area (Å²) in [6.07, 6.45) is 0.261. The van der Waals surface area contributed by atoms with Crippen LogP contribution in [-0.2, 0) is 27.8 Å². The van der Waals surface area contributed by atoms with Crippen LogP contribution in [0.25, 0.3) is 0 Å². The molecule has 1 aromatic carbocycles. The van der Waals surface area contributed by atoms with Crippen LogP contribution in [0.5, 0.6) is 5.75 Å². The zero-order valence-electron chi connectivity index (χ0n) is 12.8. The number of nitrogens with one attached hydrogen (secondary N) is 2. The van der Waals surface area contributed by atoms with Crippen molar-refractivity contribution < 1.29 is 17.9 Å². The minimum absolute atomic E-state index is 0.124. The monoisotopic (exact) mass is 354 g/mol. The molecule has 2 rings (SSSR count). The molecule has 0 saturated carbocycles. The number of methoxy groups -OCH3 is 1. The van der Waals surface area contributed by atoms with Crippen molar-refractivity contribution in [2.45, 2.75) is 17.2 Å². The molecule has 0 spiro atoms. The summed E-state index contributed by atoms with van der Waals surface area (Å²) < 4.78 is 30.9. The van der Waals surface area contributed by atoms with E-state index in [1.54, 1.807) is 25.3 Å². The number of thiophene rings is 1. The van der Waals surface area contributed by atoms with Gasteiger partial charge >= 0.3 is 0 Å². The Bertz CT molecular complexity index is 767. The van der Waals surface area contributed by atoms with E-state index in [2.05, 4.69) is 10.0 Å². The molecule has 0 atom stereocenters. The van der Waals surface area contributed by atoms with Crippen molar-refractivity contribution in [3.63, 3.8) is 0 Å². The summed E-state index contributed by atoms with van der Waals surface area (Å²) in [5, 5.41) is 2.78. The van der Waals surface area contributed by atoms with Crippen LogP contribution in [0, 0.1) is 0 Å². The molecule has 0 radical (unpaired) electrons. The highest BCUT2D eigenvalue weighted by atomic mass is 32.2. The van der Waals surface area contributed by atoms with Gasteiger partial charge in [-0.2, -0.15) is 0 Å². The maximum atomic E-state index is 11.9. The largest absolute Gasteiger partial charge is 0.497 e. The second kappa shape index (κ2) is 7.58. The van der Waals surface area contributed by atoms with E-state index in [-0.39, 0.29) is 16.5 Å². The van der Waals surface area contributed by atoms with E-state index in [0.29, 0.717) is 6.54 Å². The Kier molecular flexibility index (Phi) is 5.75. The van der Waals surface area contributed by atoms with Gasteiger partial charge in [0.2, 0.25) is 15.9 Å². The number of ether oxygens (including phenoxy) is 1. The smallest absolute Gasteiger partial charge is 0.249 e. The molecule has 0 fully saturated rings. The van der Waals surface area contributed by atoms with Crippen LogP contribution >= 0.6 is 11.3 Å². The zero-order chi connectivity index (χ0) is 16.9. The third kappa shape index (κ3) is 4.78. The normalized spacial score (nSPS) is 11.2. The predicted octanol–water partition coefficient (Wildman–Crippen LogP) is 1.52. The Labute approximate surface area is 139 Å². The summed E-state index contributed by atoms with van der Waals surface area (Å²) in [7, 11) is -0.472. The second-order valence-corrected chi connectivity index (χ2v) is 8.01. The fourth-order valence-electron chi connectivity index (χ4n) is 1.88. The molecule has 0 saturated heterocycles. The fraction of sp³-hybridized carbons (Fsp3) is 0.267. The van der Waals surface area contributed by atoms with Crippen molar-refractivity contribution in [1.82, 2.24) is 10.0 Å². The van der Waals surface area contributed by atoms with Gasteiger partial charge < -0.3 is 10.1 Å². The number of carbonyl (C=O) groups is 1. The molecule has 2 aromatic rings. The first-order valence-corrected chi connectivity index (χ1v) is 9.16. The topological polar surface area (TPSA) is 84.5 Å². The average Bonchev–Trinajstić information content (AvgIpc) is 3.03. The van der Waals surface area contributed by atoms with Crippen LogP contribution in [-0.4, -0.2) is 28.5 Å². The maximum Gasteiger partial charge on any atom is 0.249 e. The average molecular weight is 354 g/mol. The Hall–Kier alpha value is -1.90. The summed E-state index contributed by atoms with van der Waals surface area (Å²) >= 11 is 1.14. The molecule has 1 aromatic heterocycles. The van der Waals surface area contributed by atoms with E-state index in [4.69, 9.17) is 4.74 Å². The van der Waals surface area contributed by atoms with Crippen molar-refractivity contribution in [3.8, 4) is 5.75 Å². The molecule has 8 heteroatoms. The summed E-state index contributed by atoms with van der Waals surface area (Å²) in [5.41, 5.74) is 0.882. The van der Waals surface area contributed by atoms with Gasteiger partial charge in [-0.3, -0.25) is 4.79 Å². The molecule has 124 valence electrons. The van der Waals surface area contributed by atoms with Crippen LogP contribution in [0.15, 0.2) is 40.6 Å². The third-order valence-corrected chi connectivity index (χ3v) is 6.15. The standard InChI is InChI=1S/C15H18N2O4S2/c1-16-23(19,20)15-8-7-13(22-15)10-17-14(18)9-11-3-5-12(21-2)6-4-11/h3-8,16H,9-10H2,1-2H3,(H,17,18). The minimum Gasteiger partial charge on any atom is -0.497 e. The molecule has 0 aliphatic heterocycles. The van der Waals surface area contributed by atoms with E-state index < -0.39 is 10.0 Å². The van der Waals surface area contributed by atoms with E-state index in [0.717, 1.165) is 27.5 Å². The number of rotatable bonds is 7. The van der Waals surface area contributed by atoms with Gasteiger partial charge in [0.05, 0.1) is 20.1 Å². The summed E-state index contributed by atoms with van der Waals surface area (Å²) in [5.74, 6) is 0.618. The highest BCUT2D eigenvalue weighted by Crippen LogP contribution is 2.21. The third-order valence-electron chi connectivity index (χ3n) is 3.15. The SMILES string of the molecule is CNS(=O)(=O)c1ccc(CNC(=O)Cc2ccc(OC)cc2)s1. The van der Waals surface area contributed by atoms with Gasteiger partial charge in [0.25, 0.3) is 0 Å². The van der Waals surface area contributed by atoms with Gasteiger partial charge in [-0.1, -0.05) is 12.1 Å². The summed E-state index contributed by atoms with van der Waals surface area (Å²) in [6.45, 7) is 0.304. The number of sulfonamides is 1. The highest BCUT2D eigenvalue weighted by Gasteiger charge is 2.14. The molecule has 1 heterocycles. The lowest BCUT2D eigenvalue weighted by Crippen LogP contribution is -2.24. The van der Waals surface area contributed by atoms with Crippen molar-refractivity contribution in [3.05, 3.63) is 46.8 Å². The number of hydrogen-bond acceptors (Lipinski definition) is 5. The molecule has 1 amide bonds. The Morgan fingerprint density at radius 2 is 1.87 bits per heavy atom. The van der Waals surface area contributed by atoms with Gasteiger partial charge in [-0.15, -0.1) is 11.3 Å². The van der Waals surface area contributed by atoms with Crippen LogP contribution in [0.1, 0.15) is 10.4 Å². The van der Waals surface area contributed by atoms with Gasteiger partial charge in [0.15, 0.2) is 0 Å². The van der Waals surface area contributed by atoms with Gasteiger partial charge in [0, 0.05) is 4.88 Å². The molecule has 2 N–H and O–H groups in total. The lowest BCUT2D eigenvalue weighted by molar-refractivity contribution is -0.120. The van der Waals surface area contributed by atoms with Crippen molar-refractivity contribution in [2.75, 3.05) is 14.2 Å². The molecule has 0 aliphatic carbocycles. The number of amides is 1. The molecular formula is C15H18N2O4S2. The maximum absolute atomic E-state index is 11.9. The van der Waals surface area contributed by atoms with E-state index in [1.165, 1.54) is 13.1 Å². The molecular weight excluding hydrogens is 336 g/mol. The summed E-state index contributed by atoms with van der Waals surface area (Å²) in [6, 6.07) is 10.5. The molecule has 23 heavy (non-hydrogen) atoms. The molecule has 0 unspecified atom stereocenters. The number of hydrogen-bond donors (Lipinski definition) is 2. The van der Waals surface area contributed by atoms with Crippen molar-refractivity contribution >= 4 is 27.3 Å². The summed E-state index contributed by atoms with van der Waals surface area (Å²) in [4.78, 5) is 12.7. The first kappa shape index (κ1) is 17.5. The van der Waals surface area contributed by atoms with Crippen LogP contribution < -0.4 is 14.8 Å². The van der Waals surface area contributed by atoms with Crippen LogP contribution in [0.2, 0.25) is 0 Å². The Morgan fingerprint density at radius 3 is 2.48 bits per heavy atom. The Balaban J connectivity index is 1.89. The minimum atomic E-state index is -3.43. The van der Waals surface area contributed by atoms with Gasteiger partial charge in [-0.25, -0.2) is 13.1 Å². The molecule has 0 aliphatic rings. The van der Waals surface area contributed by atoms with Crippen LogP contribution in [0.4, 0.5) is 0 Å². The number of benzene rings is 1. The van der Waals surface area contributed by atoms with E-state index in [1.807, 2.05) is 12.1 Å². The second-order valence-electron chi connectivity index (χ2n) is 4.73. The quantitative estimate of drug-likeness (QED) is 0.790. The lowest BCUT2D eigenvalue weighted by atomic mass is 10.1. The zero-order valence-corrected chi connectivity index (χ0v) is 14.5. The molecule has 0 bridgehead atoms. The lowest BCUT2D eigenvalue weighted by Gasteiger charge is -2.05. The highest BCUT2D eigenvalue weighted by molar-refractivity contribution is 7.91. The number of carbonyl (C=O) groups excluding carboxylic acids is 1. The van der Waals surface area contributed by atoms with E-state index in [9.17, 15) is 13.2 Å². The first-order chi connectivity index (χ1) is 10.9. The first-order valence-electron chi connectivity index (χ1n) is 6.86. The Morgan fingerprint density at radius 1 is 1.17 bits per heavy atom. The molecule has 6 nitrogen and oxygen atoms in total. The van der Waals surface area contributed by atoms with Crippen molar-refractivity contribution in [2.24, 2.45) is 0 Å². The fourth-order valence-corrected chi connectivity index (χ4v) is 4.01. The van der Waals surface area contributed by atoms with Crippen molar-refractivity contribution in [1.29, 1.82) is 0 Å². The van der Waals surface area contributed by atoms with Crippen LogP contribution in [0.3, 0.4) is 0 Å². The van der Waals surface area contributed by atoms with Gasteiger partial charge in [0.1, 0.15) is 9.96 Å². The van der Waals surface area contributed by atoms with Gasteiger partial charge in [-0.05, 0) is 36.9 Å².